The van der Waals surface area contributed by atoms with Gasteiger partial charge in [0.1, 0.15) is 5.82 Å². The molecule has 0 aromatic heterocycles. The minimum atomic E-state index is -0.198. The van der Waals surface area contributed by atoms with Gasteiger partial charge in [0.15, 0.2) is 0 Å². The van der Waals surface area contributed by atoms with E-state index < -0.39 is 0 Å². The molecule has 0 nitrogen and oxygen atoms in total. The van der Waals surface area contributed by atoms with Crippen LogP contribution in [0.5, 0.6) is 0 Å². The smallest absolute Gasteiger partial charge is 0.124 e. The summed E-state index contributed by atoms with van der Waals surface area (Å²) in [5.74, 6) is -0.198. The fourth-order valence-electron chi connectivity index (χ4n) is 1.81. The van der Waals surface area contributed by atoms with Crippen molar-refractivity contribution < 1.29 is 4.39 Å². The van der Waals surface area contributed by atoms with Gasteiger partial charge in [-0.25, -0.2) is 4.39 Å². The average molecular weight is 272 g/mol. The van der Waals surface area contributed by atoms with Gasteiger partial charge in [-0.2, -0.15) is 0 Å². The van der Waals surface area contributed by atoms with Crippen molar-refractivity contribution in [3.8, 4) is 0 Å². The molecule has 0 radical (unpaired) electrons. The van der Waals surface area contributed by atoms with E-state index in [1.165, 1.54) is 17.2 Å². The molecule has 0 unspecified atom stereocenters. The first-order valence-corrected chi connectivity index (χ1v) is 7.03. The average Bonchev–Trinajstić information content (AvgIpc) is 2.37. The lowest BCUT2D eigenvalue weighted by molar-refractivity contribution is 0.623. The van der Waals surface area contributed by atoms with Gasteiger partial charge in [-0.15, -0.1) is 0 Å². The van der Waals surface area contributed by atoms with Gasteiger partial charge in [-0.05, 0) is 42.0 Å². The topological polar surface area (TPSA) is 0 Å². The van der Waals surface area contributed by atoms with Crippen molar-refractivity contribution in [3.63, 3.8) is 0 Å². The predicted octanol–water partition coefficient (Wildman–Crippen LogP) is 5.29. The fraction of sp³-hybridized carbons (Fsp3) is 0.176. The Morgan fingerprint density at radius 1 is 1.11 bits per heavy atom. The summed E-state index contributed by atoms with van der Waals surface area (Å²) >= 11 is 1.55. The van der Waals surface area contributed by atoms with Crippen molar-refractivity contribution >= 4 is 11.8 Å². The monoisotopic (exact) mass is 272 g/mol. The SMILES string of the molecule is C=C(Cc1ccc(C)cc1)Sc1cc(F)ccc1C. The lowest BCUT2D eigenvalue weighted by atomic mass is 10.1. The minimum Gasteiger partial charge on any atom is -0.207 e. The van der Waals surface area contributed by atoms with Crippen molar-refractivity contribution in [2.24, 2.45) is 0 Å². The van der Waals surface area contributed by atoms with Gasteiger partial charge in [-0.3, -0.25) is 0 Å². The second-order valence-corrected chi connectivity index (χ2v) is 5.93. The lowest BCUT2D eigenvalue weighted by Crippen LogP contribution is -1.88. The highest BCUT2D eigenvalue weighted by Gasteiger charge is 2.05. The molecule has 0 saturated carbocycles. The van der Waals surface area contributed by atoms with E-state index in [0.29, 0.717) is 0 Å². The van der Waals surface area contributed by atoms with Crippen LogP contribution in [0.2, 0.25) is 0 Å². The number of hydrogen-bond donors (Lipinski definition) is 0. The summed E-state index contributed by atoms with van der Waals surface area (Å²) in [6.45, 7) is 8.14. The zero-order valence-electron chi connectivity index (χ0n) is 11.2. The van der Waals surface area contributed by atoms with Crippen LogP contribution in [0, 0.1) is 19.7 Å². The van der Waals surface area contributed by atoms with Crippen molar-refractivity contribution in [3.05, 3.63) is 76.5 Å². The van der Waals surface area contributed by atoms with E-state index in [4.69, 9.17) is 0 Å². The van der Waals surface area contributed by atoms with Crippen LogP contribution in [0.4, 0.5) is 4.39 Å². The Balaban J connectivity index is 2.05. The maximum Gasteiger partial charge on any atom is 0.124 e. The zero-order valence-corrected chi connectivity index (χ0v) is 12.1. The van der Waals surface area contributed by atoms with Gasteiger partial charge in [0.25, 0.3) is 0 Å². The molecule has 98 valence electrons. The Morgan fingerprint density at radius 2 is 1.79 bits per heavy atom. The first-order valence-electron chi connectivity index (χ1n) is 6.22. The molecule has 0 fully saturated rings. The Labute approximate surface area is 118 Å². The molecule has 0 aliphatic carbocycles. The summed E-state index contributed by atoms with van der Waals surface area (Å²) in [7, 11) is 0. The molecule has 0 amide bonds. The number of halogens is 1. The van der Waals surface area contributed by atoms with Gasteiger partial charge in [0, 0.05) is 11.3 Å². The second-order valence-electron chi connectivity index (χ2n) is 4.71. The highest BCUT2D eigenvalue weighted by Crippen LogP contribution is 2.30. The van der Waals surface area contributed by atoms with Crippen molar-refractivity contribution in [2.45, 2.75) is 25.2 Å². The Hall–Kier alpha value is -1.54. The third-order valence-corrected chi connectivity index (χ3v) is 4.02. The van der Waals surface area contributed by atoms with Crippen molar-refractivity contribution in [2.75, 3.05) is 0 Å². The molecule has 0 atom stereocenters. The van der Waals surface area contributed by atoms with Crippen molar-refractivity contribution in [1.82, 2.24) is 0 Å². The van der Waals surface area contributed by atoms with Gasteiger partial charge < -0.3 is 0 Å². The van der Waals surface area contributed by atoms with Gasteiger partial charge in [-0.1, -0.05) is 54.2 Å². The van der Waals surface area contributed by atoms with Crippen LogP contribution in [0.1, 0.15) is 16.7 Å². The molecule has 19 heavy (non-hydrogen) atoms. The number of thioether (sulfide) groups is 1. The van der Waals surface area contributed by atoms with Crippen LogP contribution in [0.3, 0.4) is 0 Å². The number of benzene rings is 2. The molecule has 2 aromatic rings. The van der Waals surface area contributed by atoms with Crippen LogP contribution in [0.25, 0.3) is 0 Å². The largest absolute Gasteiger partial charge is 0.207 e. The highest BCUT2D eigenvalue weighted by molar-refractivity contribution is 8.03. The summed E-state index contributed by atoms with van der Waals surface area (Å²) < 4.78 is 13.2. The van der Waals surface area contributed by atoms with E-state index in [2.05, 4.69) is 37.8 Å². The fourth-order valence-corrected chi connectivity index (χ4v) is 2.76. The first-order chi connectivity index (χ1) is 9.04. The molecule has 2 aromatic carbocycles. The minimum absolute atomic E-state index is 0.198. The molecule has 0 bridgehead atoms. The summed E-state index contributed by atoms with van der Waals surface area (Å²) in [5.41, 5.74) is 3.57. The Bertz CT molecular complexity index is 585. The van der Waals surface area contributed by atoms with Crippen LogP contribution >= 0.6 is 11.8 Å². The van der Waals surface area contributed by atoms with Crippen LogP contribution in [-0.4, -0.2) is 0 Å². The van der Waals surface area contributed by atoms with E-state index in [9.17, 15) is 4.39 Å². The van der Waals surface area contributed by atoms with E-state index >= 15 is 0 Å². The van der Waals surface area contributed by atoms with Crippen LogP contribution in [-0.2, 0) is 6.42 Å². The molecule has 0 spiro atoms. The summed E-state index contributed by atoms with van der Waals surface area (Å²) in [4.78, 5) is 1.97. The third kappa shape index (κ3) is 3.97. The van der Waals surface area contributed by atoms with E-state index in [1.807, 2.05) is 6.92 Å². The molecule has 0 aliphatic heterocycles. The zero-order chi connectivity index (χ0) is 13.8. The van der Waals surface area contributed by atoms with E-state index in [0.717, 1.165) is 21.8 Å². The molecule has 0 saturated heterocycles. The summed E-state index contributed by atoms with van der Waals surface area (Å²) in [6.07, 6.45) is 0.806. The number of hydrogen-bond acceptors (Lipinski definition) is 1. The first kappa shape index (κ1) is 13.9. The third-order valence-electron chi connectivity index (χ3n) is 2.93. The highest BCUT2D eigenvalue weighted by atomic mass is 32.2. The van der Waals surface area contributed by atoms with Crippen molar-refractivity contribution in [1.29, 1.82) is 0 Å². The summed E-state index contributed by atoms with van der Waals surface area (Å²) in [5, 5.41) is 0. The van der Waals surface area contributed by atoms with E-state index in [-0.39, 0.29) is 5.82 Å². The van der Waals surface area contributed by atoms with Gasteiger partial charge in [0.2, 0.25) is 0 Å². The van der Waals surface area contributed by atoms with Crippen LogP contribution < -0.4 is 0 Å². The predicted molar refractivity (Wildman–Crippen MR) is 81.0 cm³/mol. The molecule has 0 aliphatic rings. The molecule has 0 heterocycles. The molecule has 0 N–H and O–H groups in total. The number of aryl methyl sites for hydroxylation is 2. The molecule has 2 rings (SSSR count). The molecule has 2 heteroatoms. The molecular formula is C17H17FS. The maximum absolute atomic E-state index is 13.2. The summed E-state index contributed by atoms with van der Waals surface area (Å²) in [6, 6.07) is 13.3. The molecular weight excluding hydrogens is 255 g/mol. The Morgan fingerprint density at radius 3 is 2.47 bits per heavy atom. The number of allylic oxidation sites excluding steroid dienone is 1. The number of rotatable bonds is 4. The quantitative estimate of drug-likeness (QED) is 0.681. The van der Waals surface area contributed by atoms with E-state index in [1.54, 1.807) is 23.9 Å². The second kappa shape index (κ2) is 6.07. The van der Waals surface area contributed by atoms with Gasteiger partial charge in [0.05, 0.1) is 0 Å². The van der Waals surface area contributed by atoms with Crippen LogP contribution in [0.15, 0.2) is 58.8 Å². The Kier molecular flexibility index (Phi) is 4.43. The normalized spacial score (nSPS) is 10.5. The van der Waals surface area contributed by atoms with Gasteiger partial charge >= 0.3 is 0 Å². The maximum atomic E-state index is 13.2. The standard InChI is InChI=1S/C17H17FS/c1-12-4-7-15(8-5-12)10-14(3)19-17-11-16(18)9-6-13(17)2/h4-9,11H,3,10H2,1-2H3. The lowest BCUT2D eigenvalue weighted by Gasteiger charge is -2.08.